The third-order valence-electron chi connectivity index (χ3n) is 3.58. The van der Waals surface area contributed by atoms with Gasteiger partial charge in [0.1, 0.15) is 5.03 Å². The third kappa shape index (κ3) is 4.67. The Labute approximate surface area is 129 Å². The van der Waals surface area contributed by atoms with Gasteiger partial charge in [-0.25, -0.2) is 4.98 Å². The summed E-state index contributed by atoms with van der Waals surface area (Å²) in [5.41, 5.74) is 0. The number of carbonyl (C=O) groups is 1. The SMILES string of the molecule is CC(Sc1ncccc1Cl)C(=O)NC1CCCCCC1. The van der Waals surface area contributed by atoms with Crippen LogP contribution in [-0.4, -0.2) is 22.2 Å². The monoisotopic (exact) mass is 312 g/mol. The van der Waals surface area contributed by atoms with Crippen LogP contribution >= 0.6 is 23.4 Å². The second-order valence-electron chi connectivity index (χ2n) is 5.25. The quantitative estimate of drug-likeness (QED) is 0.673. The predicted octanol–water partition coefficient (Wildman–Crippen LogP) is 4.05. The summed E-state index contributed by atoms with van der Waals surface area (Å²) >= 11 is 7.49. The molecule has 0 aromatic carbocycles. The summed E-state index contributed by atoms with van der Waals surface area (Å²) in [5, 5.41) is 4.32. The maximum atomic E-state index is 12.2. The molecule has 1 N–H and O–H groups in total. The van der Waals surface area contributed by atoms with Crippen molar-refractivity contribution in [3.8, 4) is 0 Å². The van der Waals surface area contributed by atoms with Crippen molar-refractivity contribution >= 4 is 29.3 Å². The molecule has 1 fully saturated rings. The second-order valence-corrected chi connectivity index (χ2v) is 6.98. The molecule has 0 aliphatic heterocycles. The maximum absolute atomic E-state index is 12.2. The summed E-state index contributed by atoms with van der Waals surface area (Å²) in [4.78, 5) is 16.4. The number of hydrogen-bond donors (Lipinski definition) is 1. The topological polar surface area (TPSA) is 42.0 Å². The van der Waals surface area contributed by atoms with Crippen molar-refractivity contribution < 1.29 is 4.79 Å². The van der Waals surface area contributed by atoms with Crippen molar-refractivity contribution in [2.24, 2.45) is 0 Å². The largest absolute Gasteiger partial charge is 0.352 e. The summed E-state index contributed by atoms with van der Waals surface area (Å²) in [6.45, 7) is 1.90. The van der Waals surface area contributed by atoms with E-state index in [1.807, 2.05) is 6.92 Å². The molecule has 1 amide bonds. The summed E-state index contributed by atoms with van der Waals surface area (Å²) in [6, 6.07) is 3.93. The first-order valence-electron chi connectivity index (χ1n) is 7.24. The Morgan fingerprint density at radius 2 is 2.10 bits per heavy atom. The molecule has 1 aromatic heterocycles. The van der Waals surface area contributed by atoms with Crippen LogP contribution in [0.2, 0.25) is 5.02 Å². The van der Waals surface area contributed by atoms with Crippen LogP contribution < -0.4 is 5.32 Å². The molecule has 0 radical (unpaired) electrons. The number of nitrogens with one attached hydrogen (secondary N) is 1. The van der Waals surface area contributed by atoms with Gasteiger partial charge >= 0.3 is 0 Å². The van der Waals surface area contributed by atoms with Gasteiger partial charge in [-0.2, -0.15) is 0 Å². The minimum atomic E-state index is -0.175. The van der Waals surface area contributed by atoms with Gasteiger partial charge in [-0.3, -0.25) is 4.79 Å². The molecule has 0 saturated heterocycles. The van der Waals surface area contributed by atoms with Gasteiger partial charge in [0.2, 0.25) is 5.91 Å². The third-order valence-corrected chi connectivity index (χ3v) is 5.12. The lowest BCUT2D eigenvalue weighted by atomic mass is 10.1. The van der Waals surface area contributed by atoms with E-state index in [-0.39, 0.29) is 11.2 Å². The number of halogens is 1. The van der Waals surface area contributed by atoms with Crippen molar-refractivity contribution in [3.63, 3.8) is 0 Å². The molecule has 3 nitrogen and oxygen atoms in total. The van der Waals surface area contributed by atoms with E-state index in [0.717, 1.165) is 17.9 Å². The van der Waals surface area contributed by atoms with E-state index in [0.29, 0.717) is 11.1 Å². The van der Waals surface area contributed by atoms with Gasteiger partial charge in [0.05, 0.1) is 10.3 Å². The Bertz CT molecular complexity index is 447. The fourth-order valence-corrected chi connectivity index (χ4v) is 3.49. The summed E-state index contributed by atoms with van der Waals surface area (Å²) in [5.74, 6) is 0.0867. The Morgan fingerprint density at radius 3 is 2.75 bits per heavy atom. The minimum absolute atomic E-state index is 0.0867. The van der Waals surface area contributed by atoms with E-state index in [4.69, 9.17) is 11.6 Å². The van der Waals surface area contributed by atoms with Crippen LogP contribution in [0.1, 0.15) is 45.4 Å². The highest BCUT2D eigenvalue weighted by Gasteiger charge is 2.20. The minimum Gasteiger partial charge on any atom is -0.352 e. The van der Waals surface area contributed by atoms with E-state index in [1.54, 1.807) is 18.3 Å². The van der Waals surface area contributed by atoms with Crippen molar-refractivity contribution in [2.45, 2.75) is 61.8 Å². The zero-order chi connectivity index (χ0) is 14.4. The van der Waals surface area contributed by atoms with Crippen molar-refractivity contribution in [1.82, 2.24) is 10.3 Å². The Balaban J connectivity index is 1.87. The molecule has 1 aliphatic carbocycles. The molecule has 0 bridgehead atoms. The van der Waals surface area contributed by atoms with Gasteiger partial charge in [-0.1, -0.05) is 49.0 Å². The summed E-state index contributed by atoms with van der Waals surface area (Å²) < 4.78 is 0. The first-order valence-corrected chi connectivity index (χ1v) is 8.50. The van der Waals surface area contributed by atoms with Crippen LogP contribution in [0.4, 0.5) is 0 Å². The molecule has 1 aliphatic rings. The van der Waals surface area contributed by atoms with Crippen LogP contribution in [0.25, 0.3) is 0 Å². The van der Waals surface area contributed by atoms with Gasteiger partial charge in [0.25, 0.3) is 0 Å². The van der Waals surface area contributed by atoms with E-state index < -0.39 is 0 Å². The standard InChI is InChI=1S/C15H21ClN2OS/c1-11(20-15-13(16)9-6-10-17-15)14(19)18-12-7-4-2-3-5-8-12/h6,9-12H,2-5,7-8H2,1H3,(H,18,19). The maximum Gasteiger partial charge on any atom is 0.233 e. The van der Waals surface area contributed by atoms with Crippen molar-refractivity contribution in [3.05, 3.63) is 23.4 Å². The van der Waals surface area contributed by atoms with Crippen LogP contribution in [0, 0.1) is 0 Å². The highest BCUT2D eigenvalue weighted by molar-refractivity contribution is 8.00. The molecule has 1 saturated carbocycles. The van der Waals surface area contributed by atoms with Crippen LogP contribution in [0.5, 0.6) is 0 Å². The zero-order valence-corrected chi connectivity index (χ0v) is 13.3. The van der Waals surface area contributed by atoms with Crippen LogP contribution in [0.3, 0.4) is 0 Å². The average molecular weight is 313 g/mol. The Kier molecular flexibility index (Phi) is 6.17. The van der Waals surface area contributed by atoms with Crippen LogP contribution in [-0.2, 0) is 4.79 Å². The van der Waals surface area contributed by atoms with Gasteiger partial charge in [0, 0.05) is 12.2 Å². The molecule has 110 valence electrons. The summed E-state index contributed by atoms with van der Waals surface area (Å²) in [7, 11) is 0. The molecule has 1 unspecified atom stereocenters. The summed E-state index contributed by atoms with van der Waals surface area (Å²) in [6.07, 6.45) is 8.93. The van der Waals surface area contributed by atoms with Crippen molar-refractivity contribution in [2.75, 3.05) is 0 Å². The molecular weight excluding hydrogens is 292 g/mol. The highest BCUT2D eigenvalue weighted by Crippen LogP contribution is 2.28. The number of rotatable bonds is 4. The predicted molar refractivity (Wildman–Crippen MR) is 84.2 cm³/mol. The number of amides is 1. The van der Waals surface area contributed by atoms with E-state index >= 15 is 0 Å². The Morgan fingerprint density at radius 1 is 1.40 bits per heavy atom. The number of thioether (sulfide) groups is 1. The lowest BCUT2D eigenvalue weighted by Crippen LogP contribution is -2.39. The number of aromatic nitrogens is 1. The van der Waals surface area contributed by atoms with E-state index in [9.17, 15) is 4.79 Å². The van der Waals surface area contributed by atoms with Gasteiger partial charge in [-0.05, 0) is 31.9 Å². The molecule has 1 atom stereocenters. The molecule has 0 spiro atoms. The number of pyridine rings is 1. The molecule has 1 aromatic rings. The zero-order valence-electron chi connectivity index (χ0n) is 11.8. The average Bonchev–Trinajstić information content (AvgIpc) is 2.70. The lowest BCUT2D eigenvalue weighted by molar-refractivity contribution is -0.121. The second kappa shape index (κ2) is 7.89. The normalized spacial score (nSPS) is 18.3. The number of hydrogen-bond acceptors (Lipinski definition) is 3. The fraction of sp³-hybridized carbons (Fsp3) is 0.600. The van der Waals surface area contributed by atoms with Crippen molar-refractivity contribution in [1.29, 1.82) is 0 Å². The smallest absolute Gasteiger partial charge is 0.233 e. The molecule has 5 heteroatoms. The molecule has 1 heterocycles. The number of nitrogens with zero attached hydrogens (tertiary/aromatic N) is 1. The highest BCUT2D eigenvalue weighted by atomic mass is 35.5. The molecular formula is C15H21ClN2OS. The fourth-order valence-electron chi connectivity index (χ4n) is 2.42. The number of carbonyl (C=O) groups excluding carboxylic acids is 1. The van der Waals surface area contributed by atoms with Crippen LogP contribution in [0.15, 0.2) is 23.4 Å². The van der Waals surface area contributed by atoms with Gasteiger partial charge < -0.3 is 5.32 Å². The van der Waals surface area contributed by atoms with E-state index in [1.165, 1.54) is 37.4 Å². The first kappa shape index (κ1) is 15.6. The van der Waals surface area contributed by atoms with Gasteiger partial charge in [0.15, 0.2) is 0 Å². The first-order chi connectivity index (χ1) is 9.66. The molecule has 2 rings (SSSR count). The van der Waals surface area contributed by atoms with Gasteiger partial charge in [-0.15, -0.1) is 0 Å². The Hall–Kier alpha value is -0.740. The molecule has 20 heavy (non-hydrogen) atoms. The van der Waals surface area contributed by atoms with E-state index in [2.05, 4.69) is 10.3 Å². The lowest BCUT2D eigenvalue weighted by Gasteiger charge is -2.19.